The van der Waals surface area contributed by atoms with Crippen molar-refractivity contribution in [1.29, 1.82) is 0 Å². The Hall–Kier alpha value is -1.58. The highest BCUT2D eigenvalue weighted by Crippen LogP contribution is 1.83. The summed E-state index contributed by atoms with van der Waals surface area (Å²) < 4.78 is 0. The second kappa shape index (κ2) is 5.99. The van der Waals surface area contributed by atoms with Crippen LogP contribution >= 0.6 is 0 Å². The molecule has 2 N–H and O–H groups in total. The number of carboxylic acid groups (broad SMARTS) is 1. The van der Waals surface area contributed by atoms with Crippen molar-refractivity contribution in [2.45, 2.75) is 19.9 Å². The lowest BCUT2D eigenvalue weighted by molar-refractivity contribution is -0.140. The van der Waals surface area contributed by atoms with Gasteiger partial charge in [0.15, 0.2) is 0 Å². The van der Waals surface area contributed by atoms with Gasteiger partial charge in [0.25, 0.3) is 0 Å². The van der Waals surface area contributed by atoms with Crippen LogP contribution in [0.25, 0.3) is 0 Å². The fraction of sp³-hybridized carbons (Fsp3) is 0.333. The molecular formula is C9H13NO3. The summed E-state index contributed by atoms with van der Waals surface area (Å²) in [5.41, 5.74) is 0. The number of aliphatic carboxylic acids is 1. The van der Waals surface area contributed by atoms with Crippen LogP contribution in [0.4, 0.5) is 0 Å². The minimum absolute atomic E-state index is 0.409. The predicted molar refractivity (Wildman–Crippen MR) is 49.2 cm³/mol. The summed E-state index contributed by atoms with van der Waals surface area (Å²) in [5.74, 6) is -1.46. The number of hydrogen-bond donors (Lipinski definition) is 2. The molecule has 72 valence electrons. The van der Waals surface area contributed by atoms with Crippen LogP contribution in [0.5, 0.6) is 0 Å². The number of allylic oxidation sites excluding steroid dienone is 3. The molecule has 0 aromatic heterocycles. The molecule has 0 bridgehead atoms. The van der Waals surface area contributed by atoms with Gasteiger partial charge in [0.1, 0.15) is 6.04 Å². The van der Waals surface area contributed by atoms with Gasteiger partial charge in [0, 0.05) is 6.08 Å². The molecule has 0 fully saturated rings. The number of nitrogens with one attached hydrogen (secondary N) is 1. The minimum atomic E-state index is -1.05. The van der Waals surface area contributed by atoms with E-state index in [1.54, 1.807) is 18.2 Å². The Bertz CT molecular complexity index is 243. The van der Waals surface area contributed by atoms with Crippen LogP contribution in [0.3, 0.4) is 0 Å². The topological polar surface area (TPSA) is 66.4 Å². The van der Waals surface area contributed by atoms with Crippen LogP contribution in [0.2, 0.25) is 0 Å². The summed E-state index contributed by atoms with van der Waals surface area (Å²) in [6.45, 7) is 3.23. The Morgan fingerprint density at radius 3 is 2.46 bits per heavy atom. The summed E-state index contributed by atoms with van der Waals surface area (Å²) in [6, 6.07) is -0.859. The van der Waals surface area contributed by atoms with Gasteiger partial charge in [-0.1, -0.05) is 18.2 Å². The van der Waals surface area contributed by atoms with Crippen molar-refractivity contribution >= 4 is 11.9 Å². The van der Waals surface area contributed by atoms with E-state index in [-0.39, 0.29) is 0 Å². The van der Waals surface area contributed by atoms with Crippen molar-refractivity contribution in [3.05, 3.63) is 24.3 Å². The molecule has 4 nitrogen and oxygen atoms in total. The van der Waals surface area contributed by atoms with Gasteiger partial charge in [-0.25, -0.2) is 0 Å². The Labute approximate surface area is 76.9 Å². The maximum atomic E-state index is 10.9. The van der Waals surface area contributed by atoms with E-state index in [2.05, 4.69) is 5.32 Å². The summed E-state index contributed by atoms with van der Waals surface area (Å²) in [5, 5.41) is 10.7. The van der Waals surface area contributed by atoms with Gasteiger partial charge in [0.05, 0.1) is 0 Å². The second-order valence-electron chi connectivity index (χ2n) is 2.45. The number of carboxylic acids is 1. The van der Waals surface area contributed by atoms with Gasteiger partial charge in [0.2, 0.25) is 5.91 Å². The largest absolute Gasteiger partial charge is 0.480 e. The van der Waals surface area contributed by atoms with Crippen molar-refractivity contribution in [3.8, 4) is 0 Å². The molecule has 0 spiro atoms. The van der Waals surface area contributed by atoms with Crippen LogP contribution < -0.4 is 5.32 Å². The van der Waals surface area contributed by atoms with E-state index < -0.39 is 17.9 Å². The average molecular weight is 183 g/mol. The van der Waals surface area contributed by atoms with E-state index in [9.17, 15) is 9.59 Å². The molecule has 0 aliphatic carbocycles. The van der Waals surface area contributed by atoms with Crippen LogP contribution in [0.1, 0.15) is 13.8 Å². The Balaban J connectivity index is 3.94. The van der Waals surface area contributed by atoms with E-state index in [0.29, 0.717) is 0 Å². The third kappa shape index (κ3) is 5.66. The zero-order chi connectivity index (χ0) is 10.3. The van der Waals surface area contributed by atoms with Crippen LogP contribution in [-0.4, -0.2) is 23.0 Å². The molecule has 0 saturated carbocycles. The fourth-order valence-corrected chi connectivity index (χ4v) is 0.577. The van der Waals surface area contributed by atoms with E-state index in [0.717, 1.165) is 0 Å². The molecule has 0 aliphatic heterocycles. The van der Waals surface area contributed by atoms with E-state index in [4.69, 9.17) is 5.11 Å². The normalized spacial score (nSPS) is 13.4. The highest BCUT2D eigenvalue weighted by molar-refractivity contribution is 5.91. The average Bonchev–Trinajstić information content (AvgIpc) is 2.04. The van der Waals surface area contributed by atoms with Crippen molar-refractivity contribution in [2.75, 3.05) is 0 Å². The SMILES string of the molecule is C/C=C/C=C/C(=O)N[C@@H](C)C(=O)O. The van der Waals surface area contributed by atoms with E-state index >= 15 is 0 Å². The number of amides is 1. The second-order valence-corrected chi connectivity index (χ2v) is 2.45. The minimum Gasteiger partial charge on any atom is -0.480 e. The first-order valence-electron chi connectivity index (χ1n) is 3.90. The summed E-state index contributed by atoms with van der Waals surface area (Å²) in [7, 11) is 0. The van der Waals surface area contributed by atoms with E-state index in [1.165, 1.54) is 13.0 Å². The monoisotopic (exact) mass is 183 g/mol. The molecule has 0 saturated heterocycles. The Morgan fingerprint density at radius 2 is 2.00 bits per heavy atom. The van der Waals surface area contributed by atoms with Gasteiger partial charge in [-0.2, -0.15) is 0 Å². The van der Waals surface area contributed by atoms with Gasteiger partial charge >= 0.3 is 5.97 Å². The third-order valence-electron chi connectivity index (χ3n) is 1.28. The number of hydrogen-bond acceptors (Lipinski definition) is 2. The van der Waals surface area contributed by atoms with Crippen molar-refractivity contribution < 1.29 is 14.7 Å². The summed E-state index contributed by atoms with van der Waals surface area (Å²) >= 11 is 0. The fourth-order valence-electron chi connectivity index (χ4n) is 0.577. The molecular weight excluding hydrogens is 170 g/mol. The molecule has 1 atom stereocenters. The van der Waals surface area contributed by atoms with Gasteiger partial charge < -0.3 is 10.4 Å². The summed E-state index contributed by atoms with van der Waals surface area (Å²) in [6.07, 6.45) is 6.28. The number of carbonyl (C=O) groups excluding carboxylic acids is 1. The first kappa shape index (κ1) is 11.4. The van der Waals surface area contributed by atoms with Crippen molar-refractivity contribution in [1.82, 2.24) is 5.32 Å². The molecule has 0 radical (unpaired) electrons. The first-order valence-corrected chi connectivity index (χ1v) is 3.90. The van der Waals surface area contributed by atoms with Crippen molar-refractivity contribution in [2.24, 2.45) is 0 Å². The molecule has 0 heterocycles. The predicted octanol–water partition coefficient (Wildman–Crippen LogP) is 0.708. The zero-order valence-electron chi connectivity index (χ0n) is 7.65. The van der Waals surface area contributed by atoms with Crippen LogP contribution in [0.15, 0.2) is 24.3 Å². The van der Waals surface area contributed by atoms with Gasteiger partial charge in [-0.3, -0.25) is 9.59 Å². The maximum Gasteiger partial charge on any atom is 0.325 e. The molecule has 0 aromatic rings. The first-order chi connectivity index (χ1) is 6.07. The van der Waals surface area contributed by atoms with Gasteiger partial charge in [-0.05, 0) is 13.8 Å². The lowest BCUT2D eigenvalue weighted by atomic mass is 10.3. The quantitative estimate of drug-likeness (QED) is 0.498. The van der Waals surface area contributed by atoms with Crippen LogP contribution in [0, 0.1) is 0 Å². The Morgan fingerprint density at radius 1 is 1.38 bits per heavy atom. The molecule has 1 amide bonds. The molecule has 13 heavy (non-hydrogen) atoms. The molecule has 0 aromatic carbocycles. The number of rotatable bonds is 4. The lowest BCUT2D eigenvalue weighted by Gasteiger charge is -2.05. The molecule has 0 rings (SSSR count). The third-order valence-corrected chi connectivity index (χ3v) is 1.28. The Kier molecular flexibility index (Phi) is 5.27. The smallest absolute Gasteiger partial charge is 0.325 e. The highest BCUT2D eigenvalue weighted by Gasteiger charge is 2.11. The zero-order valence-corrected chi connectivity index (χ0v) is 7.65. The summed E-state index contributed by atoms with van der Waals surface area (Å²) in [4.78, 5) is 21.2. The molecule has 0 unspecified atom stereocenters. The lowest BCUT2D eigenvalue weighted by Crippen LogP contribution is -2.37. The highest BCUT2D eigenvalue weighted by atomic mass is 16.4. The van der Waals surface area contributed by atoms with Crippen molar-refractivity contribution in [3.63, 3.8) is 0 Å². The standard InChI is InChI=1S/C9H13NO3/c1-3-4-5-6-8(11)10-7(2)9(12)13/h3-7H,1-2H3,(H,10,11)(H,12,13)/b4-3+,6-5+/t7-/m0/s1. The van der Waals surface area contributed by atoms with Gasteiger partial charge in [-0.15, -0.1) is 0 Å². The molecule has 0 aliphatic rings. The van der Waals surface area contributed by atoms with Crippen LogP contribution in [-0.2, 0) is 9.59 Å². The van der Waals surface area contributed by atoms with E-state index in [1.807, 2.05) is 6.92 Å². The number of carbonyl (C=O) groups is 2. The maximum absolute atomic E-state index is 10.9. The molecule has 4 heteroatoms.